The Hall–Kier alpha value is -3.68. The van der Waals surface area contributed by atoms with Gasteiger partial charge in [-0.15, -0.1) is 10.2 Å². The summed E-state index contributed by atoms with van der Waals surface area (Å²) in [6, 6.07) is 14.3. The molecule has 1 amide bonds. The summed E-state index contributed by atoms with van der Waals surface area (Å²) in [4.78, 5) is 26.7. The minimum Gasteiger partial charge on any atom is -0.465 e. The molecule has 154 valence electrons. The Morgan fingerprint density at radius 1 is 1.07 bits per heavy atom. The molecular weight excluding hydrogens is 384 g/mol. The maximum absolute atomic E-state index is 12.7. The highest BCUT2D eigenvalue weighted by molar-refractivity contribution is 6.01. The molecule has 0 atom stereocenters. The Kier molecular flexibility index (Phi) is 5.74. The van der Waals surface area contributed by atoms with Crippen molar-refractivity contribution in [3.05, 3.63) is 60.4 Å². The average Bonchev–Trinajstić information content (AvgIpc) is 3.34. The highest BCUT2D eigenvalue weighted by Crippen LogP contribution is 2.25. The number of ether oxygens (including phenoxy) is 1. The summed E-state index contributed by atoms with van der Waals surface area (Å²) in [5.74, 6) is 0.752. The number of amides is 1. The van der Waals surface area contributed by atoms with Gasteiger partial charge in [0.15, 0.2) is 11.6 Å². The van der Waals surface area contributed by atoms with Crippen LogP contribution in [-0.4, -0.2) is 42.3 Å². The summed E-state index contributed by atoms with van der Waals surface area (Å²) in [5.41, 5.74) is 1.50. The Labute approximate surface area is 173 Å². The van der Waals surface area contributed by atoms with Gasteiger partial charge in [0.1, 0.15) is 5.69 Å². The van der Waals surface area contributed by atoms with Crippen LogP contribution in [0.5, 0.6) is 0 Å². The maximum Gasteiger partial charge on any atom is 0.339 e. The Bertz CT molecular complexity index is 1010. The Morgan fingerprint density at radius 2 is 1.87 bits per heavy atom. The van der Waals surface area contributed by atoms with E-state index < -0.39 is 5.97 Å². The van der Waals surface area contributed by atoms with Crippen LogP contribution in [0.3, 0.4) is 0 Å². The van der Waals surface area contributed by atoms with Crippen LogP contribution < -0.4 is 10.2 Å². The monoisotopic (exact) mass is 406 g/mol. The van der Waals surface area contributed by atoms with Gasteiger partial charge < -0.3 is 19.4 Å². The van der Waals surface area contributed by atoms with Crippen LogP contribution in [0.2, 0.25) is 0 Å². The number of anilines is 2. The molecule has 1 aromatic carbocycles. The summed E-state index contributed by atoms with van der Waals surface area (Å²) in [7, 11) is 1.32. The number of methoxy groups -OCH3 is 1. The summed E-state index contributed by atoms with van der Waals surface area (Å²) in [6.45, 7) is 1.40. The Morgan fingerprint density at radius 3 is 2.53 bits per heavy atom. The van der Waals surface area contributed by atoms with E-state index in [0.717, 1.165) is 5.82 Å². The van der Waals surface area contributed by atoms with E-state index in [4.69, 9.17) is 9.15 Å². The van der Waals surface area contributed by atoms with Crippen LogP contribution in [0.1, 0.15) is 23.2 Å². The van der Waals surface area contributed by atoms with Crippen molar-refractivity contribution in [2.24, 2.45) is 5.92 Å². The van der Waals surface area contributed by atoms with E-state index in [-0.39, 0.29) is 11.8 Å². The third kappa shape index (κ3) is 4.17. The van der Waals surface area contributed by atoms with Crippen molar-refractivity contribution in [3.63, 3.8) is 0 Å². The first-order chi connectivity index (χ1) is 14.7. The number of furan rings is 1. The fraction of sp³-hybridized carbons (Fsp3) is 0.273. The molecule has 0 radical (unpaired) electrons. The fourth-order valence-electron chi connectivity index (χ4n) is 3.54. The zero-order valence-corrected chi connectivity index (χ0v) is 16.6. The highest BCUT2D eigenvalue weighted by atomic mass is 16.5. The molecule has 1 aliphatic heterocycles. The van der Waals surface area contributed by atoms with E-state index in [1.54, 1.807) is 30.5 Å². The molecule has 1 aliphatic rings. The number of aromatic nitrogens is 2. The molecule has 0 bridgehead atoms. The number of nitrogens with one attached hydrogen (secondary N) is 1. The van der Waals surface area contributed by atoms with E-state index >= 15 is 0 Å². The van der Waals surface area contributed by atoms with Gasteiger partial charge in [0.2, 0.25) is 5.91 Å². The number of esters is 1. The molecular formula is C22H22N4O4. The van der Waals surface area contributed by atoms with Gasteiger partial charge >= 0.3 is 5.97 Å². The molecule has 0 aliphatic carbocycles. The van der Waals surface area contributed by atoms with E-state index in [0.29, 0.717) is 48.6 Å². The lowest BCUT2D eigenvalue weighted by Gasteiger charge is -2.31. The molecule has 4 rings (SSSR count). The van der Waals surface area contributed by atoms with E-state index in [1.165, 1.54) is 7.11 Å². The smallest absolute Gasteiger partial charge is 0.339 e. The van der Waals surface area contributed by atoms with Gasteiger partial charge in [0.05, 0.1) is 24.6 Å². The van der Waals surface area contributed by atoms with Gasteiger partial charge in [-0.05, 0) is 49.2 Å². The number of rotatable bonds is 5. The van der Waals surface area contributed by atoms with E-state index in [1.807, 2.05) is 24.3 Å². The number of benzene rings is 1. The zero-order valence-electron chi connectivity index (χ0n) is 16.6. The van der Waals surface area contributed by atoms with Gasteiger partial charge in [0, 0.05) is 19.0 Å². The third-order valence-corrected chi connectivity index (χ3v) is 5.20. The molecule has 3 heterocycles. The van der Waals surface area contributed by atoms with Crippen molar-refractivity contribution in [3.8, 4) is 11.5 Å². The molecule has 1 N–H and O–H groups in total. The average molecular weight is 406 g/mol. The van der Waals surface area contributed by atoms with Crippen LogP contribution >= 0.6 is 0 Å². The molecule has 0 saturated carbocycles. The molecule has 0 spiro atoms. The minimum atomic E-state index is -0.475. The molecule has 3 aromatic rings. The topological polar surface area (TPSA) is 97.6 Å². The largest absolute Gasteiger partial charge is 0.465 e. The van der Waals surface area contributed by atoms with Gasteiger partial charge in [0.25, 0.3) is 0 Å². The van der Waals surface area contributed by atoms with Crippen LogP contribution in [0, 0.1) is 5.92 Å². The molecule has 8 heteroatoms. The number of nitrogens with zero attached hydrogens (tertiary/aromatic N) is 3. The van der Waals surface area contributed by atoms with Crippen LogP contribution in [-0.2, 0) is 9.53 Å². The fourth-order valence-corrected chi connectivity index (χ4v) is 3.54. The van der Waals surface area contributed by atoms with Gasteiger partial charge in [-0.1, -0.05) is 12.1 Å². The van der Waals surface area contributed by atoms with Crippen molar-refractivity contribution in [2.45, 2.75) is 12.8 Å². The summed E-state index contributed by atoms with van der Waals surface area (Å²) in [5, 5.41) is 11.4. The molecule has 8 nitrogen and oxygen atoms in total. The first-order valence-corrected chi connectivity index (χ1v) is 9.76. The lowest BCUT2D eigenvalue weighted by atomic mass is 9.95. The van der Waals surface area contributed by atoms with Crippen molar-refractivity contribution < 1.29 is 18.7 Å². The normalized spacial score (nSPS) is 14.4. The summed E-state index contributed by atoms with van der Waals surface area (Å²) >= 11 is 0. The maximum atomic E-state index is 12.7. The SMILES string of the molecule is COC(=O)c1ccccc1NC(=O)C1CCN(c2ccc(-c3ccco3)nn2)CC1. The van der Waals surface area contributed by atoms with Crippen molar-refractivity contribution in [2.75, 3.05) is 30.4 Å². The third-order valence-electron chi connectivity index (χ3n) is 5.20. The number of piperidine rings is 1. The van der Waals surface area contributed by atoms with Crippen molar-refractivity contribution >= 4 is 23.4 Å². The standard InChI is InChI=1S/C22H22N4O4/c1-29-22(28)16-5-2-3-6-17(16)23-21(27)15-10-12-26(13-11-15)20-9-8-18(24-25-20)19-7-4-14-30-19/h2-9,14-15H,10-13H2,1H3,(H,23,27). The van der Waals surface area contributed by atoms with Crippen molar-refractivity contribution in [1.29, 1.82) is 0 Å². The second-order valence-electron chi connectivity index (χ2n) is 7.04. The second kappa shape index (κ2) is 8.77. The van der Waals surface area contributed by atoms with Gasteiger partial charge in [-0.2, -0.15) is 0 Å². The van der Waals surface area contributed by atoms with Crippen LogP contribution in [0.15, 0.2) is 59.2 Å². The Balaban J connectivity index is 1.36. The summed E-state index contributed by atoms with van der Waals surface area (Å²) < 4.78 is 10.1. The molecule has 0 unspecified atom stereocenters. The molecule has 1 saturated heterocycles. The second-order valence-corrected chi connectivity index (χ2v) is 7.04. The van der Waals surface area contributed by atoms with Crippen molar-refractivity contribution in [1.82, 2.24) is 10.2 Å². The van der Waals surface area contributed by atoms with Crippen LogP contribution in [0.25, 0.3) is 11.5 Å². The predicted octanol–water partition coefficient (Wildman–Crippen LogP) is 3.38. The lowest BCUT2D eigenvalue weighted by Crippen LogP contribution is -2.38. The number of para-hydroxylation sites is 1. The number of carbonyl (C=O) groups excluding carboxylic acids is 2. The summed E-state index contributed by atoms with van der Waals surface area (Å²) in [6.07, 6.45) is 2.98. The quantitative estimate of drug-likeness (QED) is 0.649. The van der Waals surface area contributed by atoms with Crippen LogP contribution in [0.4, 0.5) is 11.5 Å². The van der Waals surface area contributed by atoms with Gasteiger partial charge in [-0.3, -0.25) is 4.79 Å². The van der Waals surface area contributed by atoms with E-state index in [2.05, 4.69) is 20.4 Å². The van der Waals surface area contributed by atoms with E-state index in [9.17, 15) is 9.59 Å². The first kappa shape index (κ1) is 19.6. The zero-order chi connectivity index (χ0) is 20.9. The molecule has 1 fully saturated rings. The number of carbonyl (C=O) groups is 2. The minimum absolute atomic E-state index is 0.0924. The number of hydrogen-bond acceptors (Lipinski definition) is 7. The molecule has 30 heavy (non-hydrogen) atoms. The number of hydrogen-bond donors (Lipinski definition) is 1. The van der Waals surface area contributed by atoms with Gasteiger partial charge in [-0.25, -0.2) is 4.79 Å². The highest BCUT2D eigenvalue weighted by Gasteiger charge is 2.27. The predicted molar refractivity (Wildman–Crippen MR) is 111 cm³/mol. The lowest BCUT2D eigenvalue weighted by molar-refractivity contribution is -0.120. The molecule has 2 aromatic heterocycles. The first-order valence-electron chi connectivity index (χ1n) is 9.76.